The maximum Gasteiger partial charge on any atom is 0.0900 e. The van der Waals surface area contributed by atoms with Gasteiger partial charge in [0, 0.05) is 24.2 Å². The van der Waals surface area contributed by atoms with Gasteiger partial charge < -0.3 is 9.84 Å². The molecule has 1 saturated heterocycles. The number of hydrogen-bond donors (Lipinski definition) is 1. The fourth-order valence-electron chi connectivity index (χ4n) is 5.98. The van der Waals surface area contributed by atoms with Crippen molar-refractivity contribution in [3.63, 3.8) is 0 Å². The second kappa shape index (κ2) is 7.25. The average Bonchev–Trinajstić information content (AvgIpc) is 3.10. The predicted molar refractivity (Wildman–Crippen MR) is 99.1 cm³/mol. The summed E-state index contributed by atoms with van der Waals surface area (Å²) >= 11 is 0. The summed E-state index contributed by atoms with van der Waals surface area (Å²) in [4.78, 5) is 2.51. The lowest BCUT2D eigenvalue weighted by molar-refractivity contribution is -0.0706. The first-order valence-electron chi connectivity index (χ1n) is 10.3. The average molecular weight is 338 g/mol. The van der Waals surface area contributed by atoms with Crippen LogP contribution < -0.4 is 0 Å². The van der Waals surface area contributed by atoms with Gasteiger partial charge in [0.2, 0.25) is 0 Å². The van der Waals surface area contributed by atoms with Crippen molar-refractivity contribution in [2.75, 3.05) is 19.8 Å². The van der Waals surface area contributed by atoms with Gasteiger partial charge in [-0.05, 0) is 90.4 Å². The SMILES string of the molecule is CC1(C)CCCC(C)(C)N1C[C@H](O)COCC[C@H]1C[C@H]2CC[C@H]1C2. The maximum absolute atomic E-state index is 10.5. The Balaban J connectivity index is 1.38. The fourth-order valence-corrected chi connectivity index (χ4v) is 5.98. The number of aliphatic hydroxyl groups is 1. The number of hydrogen-bond acceptors (Lipinski definition) is 3. The summed E-state index contributed by atoms with van der Waals surface area (Å²) in [7, 11) is 0. The van der Waals surface area contributed by atoms with Crippen molar-refractivity contribution in [3.8, 4) is 0 Å². The van der Waals surface area contributed by atoms with Crippen LogP contribution in [0.4, 0.5) is 0 Å². The van der Waals surface area contributed by atoms with E-state index in [4.69, 9.17) is 4.74 Å². The van der Waals surface area contributed by atoms with E-state index in [1.807, 2.05) is 0 Å². The molecule has 3 fully saturated rings. The molecule has 0 aromatic rings. The Labute approximate surface area is 149 Å². The topological polar surface area (TPSA) is 32.7 Å². The highest BCUT2D eigenvalue weighted by molar-refractivity contribution is 4.97. The largest absolute Gasteiger partial charge is 0.389 e. The van der Waals surface area contributed by atoms with Crippen molar-refractivity contribution >= 4 is 0 Å². The van der Waals surface area contributed by atoms with Crippen LogP contribution in [0.5, 0.6) is 0 Å². The highest BCUT2D eigenvalue weighted by Crippen LogP contribution is 2.49. The molecule has 1 N–H and O–H groups in total. The van der Waals surface area contributed by atoms with Crippen LogP contribution in [0, 0.1) is 17.8 Å². The van der Waals surface area contributed by atoms with Gasteiger partial charge in [0.05, 0.1) is 12.7 Å². The van der Waals surface area contributed by atoms with Crippen LogP contribution in [0.1, 0.15) is 79.1 Å². The highest BCUT2D eigenvalue weighted by atomic mass is 16.5. The Morgan fingerprint density at radius 2 is 1.79 bits per heavy atom. The summed E-state index contributed by atoms with van der Waals surface area (Å²) in [5.41, 5.74) is 0.345. The molecule has 3 nitrogen and oxygen atoms in total. The number of fused-ring (bicyclic) bond motifs is 2. The molecule has 0 aromatic carbocycles. The van der Waals surface area contributed by atoms with E-state index in [-0.39, 0.29) is 17.2 Å². The number of likely N-dealkylation sites (tertiary alicyclic amines) is 1. The third kappa shape index (κ3) is 4.16. The molecule has 4 atom stereocenters. The van der Waals surface area contributed by atoms with E-state index in [0.717, 1.165) is 30.9 Å². The zero-order chi connectivity index (χ0) is 17.4. The first-order valence-corrected chi connectivity index (χ1v) is 10.3. The predicted octanol–water partition coefficient (Wildman–Crippen LogP) is 4.23. The summed E-state index contributed by atoms with van der Waals surface area (Å²) in [6.45, 7) is 11.3. The van der Waals surface area contributed by atoms with Gasteiger partial charge in [-0.2, -0.15) is 0 Å². The zero-order valence-corrected chi connectivity index (χ0v) is 16.4. The molecule has 140 valence electrons. The quantitative estimate of drug-likeness (QED) is 0.706. The fraction of sp³-hybridized carbons (Fsp3) is 1.00. The number of rotatable bonds is 7. The number of β-amino-alcohol motifs (C(OH)–C–C–N with tert-alkyl or cyclic N) is 1. The second-order valence-corrected chi connectivity index (χ2v) is 10.0. The van der Waals surface area contributed by atoms with Gasteiger partial charge in [0.15, 0.2) is 0 Å². The zero-order valence-electron chi connectivity index (χ0n) is 16.4. The Hall–Kier alpha value is -0.120. The number of aliphatic hydroxyl groups excluding tert-OH is 1. The minimum Gasteiger partial charge on any atom is -0.389 e. The third-order valence-corrected chi connectivity index (χ3v) is 7.26. The van der Waals surface area contributed by atoms with Crippen LogP contribution in [0.15, 0.2) is 0 Å². The molecule has 3 rings (SSSR count). The normalized spacial score (nSPS) is 36.1. The molecule has 0 amide bonds. The van der Waals surface area contributed by atoms with E-state index in [0.29, 0.717) is 6.61 Å². The molecule has 2 aliphatic carbocycles. The Morgan fingerprint density at radius 3 is 2.38 bits per heavy atom. The summed E-state index contributed by atoms with van der Waals surface area (Å²) in [6.07, 6.45) is 10.4. The van der Waals surface area contributed by atoms with E-state index in [1.165, 1.54) is 51.4 Å². The first-order chi connectivity index (χ1) is 11.3. The lowest BCUT2D eigenvalue weighted by Gasteiger charge is -2.53. The van der Waals surface area contributed by atoms with Gasteiger partial charge in [-0.25, -0.2) is 0 Å². The lowest BCUT2D eigenvalue weighted by atomic mass is 9.79. The Kier molecular flexibility index (Phi) is 5.64. The lowest BCUT2D eigenvalue weighted by Crippen LogP contribution is -2.60. The third-order valence-electron chi connectivity index (χ3n) is 7.26. The van der Waals surface area contributed by atoms with E-state index in [9.17, 15) is 5.11 Å². The van der Waals surface area contributed by atoms with Crippen LogP contribution >= 0.6 is 0 Å². The molecule has 0 aromatic heterocycles. The van der Waals surface area contributed by atoms with Crippen LogP contribution in [0.25, 0.3) is 0 Å². The van der Waals surface area contributed by atoms with Crippen LogP contribution in [0.3, 0.4) is 0 Å². The van der Waals surface area contributed by atoms with Crippen molar-refractivity contribution in [2.24, 2.45) is 17.8 Å². The molecule has 2 bridgehead atoms. The van der Waals surface area contributed by atoms with Crippen molar-refractivity contribution in [2.45, 2.75) is 96.2 Å². The molecule has 0 unspecified atom stereocenters. The van der Waals surface area contributed by atoms with Gasteiger partial charge >= 0.3 is 0 Å². The van der Waals surface area contributed by atoms with Crippen molar-refractivity contribution in [3.05, 3.63) is 0 Å². The molecule has 0 spiro atoms. The minimum atomic E-state index is -0.373. The monoisotopic (exact) mass is 337 g/mol. The second-order valence-electron chi connectivity index (χ2n) is 10.0. The number of ether oxygens (including phenoxy) is 1. The smallest absolute Gasteiger partial charge is 0.0900 e. The summed E-state index contributed by atoms with van der Waals surface area (Å²) in [6, 6.07) is 0. The van der Waals surface area contributed by atoms with Crippen LogP contribution in [-0.4, -0.2) is 46.9 Å². The van der Waals surface area contributed by atoms with Gasteiger partial charge in [-0.1, -0.05) is 6.42 Å². The summed E-state index contributed by atoms with van der Waals surface area (Å²) in [5, 5.41) is 10.5. The first kappa shape index (κ1) is 18.7. The molecule has 2 saturated carbocycles. The number of piperidine rings is 1. The summed E-state index contributed by atoms with van der Waals surface area (Å²) < 4.78 is 5.87. The Bertz CT molecular complexity index is 404. The van der Waals surface area contributed by atoms with Gasteiger partial charge in [0.1, 0.15) is 0 Å². The molecular formula is C21H39NO2. The van der Waals surface area contributed by atoms with E-state index in [1.54, 1.807) is 0 Å². The van der Waals surface area contributed by atoms with Gasteiger partial charge in [-0.3, -0.25) is 4.90 Å². The molecule has 1 heterocycles. The standard InChI is InChI=1S/C21H39NO2/c1-20(2)9-5-10-21(3,4)22(20)14-19(23)15-24-11-8-18-13-16-6-7-17(18)12-16/h16-19,23H,5-15H2,1-4H3/t16-,17-,18-,19-/m0/s1. The van der Waals surface area contributed by atoms with Crippen molar-refractivity contribution < 1.29 is 9.84 Å². The minimum absolute atomic E-state index is 0.172. The Morgan fingerprint density at radius 1 is 1.08 bits per heavy atom. The van der Waals surface area contributed by atoms with E-state index >= 15 is 0 Å². The summed E-state index contributed by atoms with van der Waals surface area (Å²) in [5.74, 6) is 2.91. The molecular weight excluding hydrogens is 298 g/mol. The van der Waals surface area contributed by atoms with Crippen molar-refractivity contribution in [1.82, 2.24) is 4.90 Å². The highest BCUT2D eigenvalue weighted by Gasteiger charge is 2.42. The maximum atomic E-state index is 10.5. The molecule has 24 heavy (non-hydrogen) atoms. The van der Waals surface area contributed by atoms with Gasteiger partial charge in [-0.15, -0.1) is 0 Å². The molecule has 3 heteroatoms. The molecule has 3 aliphatic rings. The van der Waals surface area contributed by atoms with Crippen LogP contribution in [0.2, 0.25) is 0 Å². The molecule has 0 radical (unpaired) electrons. The number of nitrogens with zero attached hydrogens (tertiary/aromatic N) is 1. The molecule has 1 aliphatic heterocycles. The van der Waals surface area contributed by atoms with Crippen LogP contribution in [-0.2, 0) is 4.74 Å². The van der Waals surface area contributed by atoms with E-state index in [2.05, 4.69) is 32.6 Å². The van der Waals surface area contributed by atoms with E-state index < -0.39 is 0 Å². The van der Waals surface area contributed by atoms with Crippen molar-refractivity contribution in [1.29, 1.82) is 0 Å². The van der Waals surface area contributed by atoms with Gasteiger partial charge in [0.25, 0.3) is 0 Å².